The molecule has 0 saturated heterocycles. The lowest BCUT2D eigenvalue weighted by molar-refractivity contribution is 0.0335. The fourth-order valence-electron chi connectivity index (χ4n) is 1.39. The maximum Gasteiger partial charge on any atom is 0.160 e. The summed E-state index contributed by atoms with van der Waals surface area (Å²) in [6.07, 6.45) is -2.37. The number of halogens is 2. The molecule has 0 fully saturated rings. The van der Waals surface area contributed by atoms with Gasteiger partial charge in [0.1, 0.15) is 11.9 Å². The van der Waals surface area contributed by atoms with Crippen molar-refractivity contribution in [1.82, 2.24) is 0 Å². The highest BCUT2D eigenvalue weighted by Gasteiger charge is 2.22. The number of rotatable bonds is 4. The summed E-state index contributed by atoms with van der Waals surface area (Å²) >= 11 is 3.00. The summed E-state index contributed by atoms with van der Waals surface area (Å²) in [7, 11) is 0. The molecule has 5 heteroatoms. The molecule has 1 aromatic carbocycles. The third-order valence-corrected chi connectivity index (χ3v) is 2.90. The van der Waals surface area contributed by atoms with Gasteiger partial charge in [0, 0.05) is 10.9 Å². The summed E-state index contributed by atoms with van der Waals surface area (Å²) in [5.41, 5.74) is 0.327. The molecule has 0 radical (unpaired) electrons. The SMILES string of the molecule is CC(=O)c1ccc(F)cc1C(O)C(O)CBr. The molecule has 0 heterocycles. The van der Waals surface area contributed by atoms with Crippen LogP contribution in [0.1, 0.15) is 28.9 Å². The minimum absolute atomic E-state index is 0.111. The van der Waals surface area contributed by atoms with Gasteiger partial charge in [0.2, 0.25) is 0 Å². The molecule has 16 heavy (non-hydrogen) atoms. The second kappa shape index (κ2) is 5.52. The summed E-state index contributed by atoms with van der Waals surface area (Å²) in [6, 6.07) is 3.51. The predicted molar refractivity (Wildman–Crippen MR) is 61.2 cm³/mol. The Labute approximate surface area is 101 Å². The number of aliphatic hydroxyl groups excluding tert-OH is 2. The Morgan fingerprint density at radius 2 is 2.12 bits per heavy atom. The van der Waals surface area contributed by atoms with Crippen LogP contribution >= 0.6 is 15.9 Å². The number of benzene rings is 1. The highest BCUT2D eigenvalue weighted by molar-refractivity contribution is 9.09. The van der Waals surface area contributed by atoms with Crippen molar-refractivity contribution in [1.29, 1.82) is 0 Å². The first-order valence-electron chi connectivity index (χ1n) is 4.70. The lowest BCUT2D eigenvalue weighted by Gasteiger charge is -2.18. The van der Waals surface area contributed by atoms with Crippen LogP contribution in [0.15, 0.2) is 18.2 Å². The van der Waals surface area contributed by atoms with E-state index in [0.717, 1.165) is 12.1 Å². The molecule has 0 aliphatic rings. The smallest absolute Gasteiger partial charge is 0.160 e. The molecule has 2 N–H and O–H groups in total. The van der Waals surface area contributed by atoms with Gasteiger partial charge in [-0.05, 0) is 30.7 Å². The normalized spacial score (nSPS) is 14.6. The molecule has 2 atom stereocenters. The summed E-state index contributed by atoms with van der Waals surface area (Å²) in [5, 5.41) is 19.3. The minimum atomic E-state index is -1.28. The van der Waals surface area contributed by atoms with Crippen molar-refractivity contribution in [3.8, 4) is 0 Å². The van der Waals surface area contributed by atoms with Crippen molar-refractivity contribution < 1.29 is 19.4 Å². The average molecular weight is 291 g/mol. The molecule has 2 unspecified atom stereocenters. The molecule has 1 rings (SSSR count). The van der Waals surface area contributed by atoms with Crippen LogP contribution in [0.2, 0.25) is 0 Å². The highest BCUT2D eigenvalue weighted by atomic mass is 79.9. The van der Waals surface area contributed by atoms with Gasteiger partial charge in [-0.25, -0.2) is 4.39 Å². The summed E-state index contributed by atoms with van der Waals surface area (Å²) in [5.74, 6) is -0.836. The van der Waals surface area contributed by atoms with Crippen molar-refractivity contribution >= 4 is 21.7 Å². The second-order valence-corrected chi connectivity index (χ2v) is 4.10. The standard InChI is InChI=1S/C11H12BrFO3/c1-6(14)8-3-2-7(13)4-9(8)11(16)10(15)5-12/h2-4,10-11,15-16H,5H2,1H3. The Morgan fingerprint density at radius 3 is 2.62 bits per heavy atom. The van der Waals surface area contributed by atoms with Gasteiger partial charge in [-0.15, -0.1) is 0 Å². The third-order valence-electron chi connectivity index (χ3n) is 2.23. The van der Waals surface area contributed by atoms with Gasteiger partial charge in [-0.3, -0.25) is 4.79 Å². The molecule has 0 saturated carbocycles. The van der Waals surface area contributed by atoms with Crippen LogP contribution in [0.5, 0.6) is 0 Å². The molecule has 0 bridgehead atoms. The Kier molecular flexibility index (Phi) is 4.58. The molecule has 0 aromatic heterocycles. The van der Waals surface area contributed by atoms with Crippen LogP contribution in [0.25, 0.3) is 0 Å². The van der Waals surface area contributed by atoms with Gasteiger partial charge in [0.15, 0.2) is 5.78 Å². The van der Waals surface area contributed by atoms with Crippen LogP contribution in [-0.2, 0) is 0 Å². The number of alkyl halides is 1. The summed E-state index contributed by atoms with van der Waals surface area (Å²) in [6.45, 7) is 1.32. The fraction of sp³-hybridized carbons (Fsp3) is 0.364. The minimum Gasteiger partial charge on any atom is -0.389 e. The molecule has 0 spiro atoms. The molecular weight excluding hydrogens is 279 g/mol. The number of carbonyl (C=O) groups excluding carboxylic acids is 1. The lowest BCUT2D eigenvalue weighted by atomic mass is 9.97. The fourth-order valence-corrected chi connectivity index (χ4v) is 1.74. The maximum absolute atomic E-state index is 13.0. The first kappa shape index (κ1) is 13.3. The van der Waals surface area contributed by atoms with Gasteiger partial charge >= 0.3 is 0 Å². The van der Waals surface area contributed by atoms with Crippen molar-refractivity contribution in [2.45, 2.75) is 19.1 Å². The summed E-state index contributed by atoms with van der Waals surface area (Å²) < 4.78 is 13.0. The second-order valence-electron chi connectivity index (χ2n) is 3.45. The molecule has 3 nitrogen and oxygen atoms in total. The van der Waals surface area contributed by atoms with E-state index >= 15 is 0 Å². The average Bonchev–Trinajstić information content (AvgIpc) is 2.26. The lowest BCUT2D eigenvalue weighted by Crippen LogP contribution is -2.21. The Hall–Kier alpha value is -0.780. The molecular formula is C11H12BrFO3. The molecule has 0 aliphatic heterocycles. The van der Waals surface area contributed by atoms with E-state index in [2.05, 4.69) is 15.9 Å². The quantitative estimate of drug-likeness (QED) is 0.657. The van der Waals surface area contributed by atoms with Crippen LogP contribution in [0.4, 0.5) is 4.39 Å². The predicted octanol–water partition coefficient (Wildman–Crippen LogP) is 1.82. The zero-order valence-corrected chi connectivity index (χ0v) is 10.2. The summed E-state index contributed by atoms with van der Waals surface area (Å²) in [4.78, 5) is 11.3. The van der Waals surface area contributed by atoms with Gasteiger partial charge in [-0.2, -0.15) is 0 Å². The van der Waals surface area contributed by atoms with Gasteiger partial charge < -0.3 is 10.2 Å². The zero-order valence-electron chi connectivity index (χ0n) is 8.65. The number of carbonyl (C=O) groups is 1. The van der Waals surface area contributed by atoms with Gasteiger partial charge in [0.25, 0.3) is 0 Å². The van der Waals surface area contributed by atoms with E-state index in [1.807, 2.05) is 0 Å². The number of hydrogen-bond acceptors (Lipinski definition) is 3. The monoisotopic (exact) mass is 290 g/mol. The van der Waals surface area contributed by atoms with Crippen LogP contribution in [0, 0.1) is 5.82 Å². The van der Waals surface area contributed by atoms with Gasteiger partial charge in [0.05, 0.1) is 6.10 Å². The largest absolute Gasteiger partial charge is 0.389 e. The first-order chi connectivity index (χ1) is 7.47. The van der Waals surface area contributed by atoms with E-state index in [9.17, 15) is 19.4 Å². The Bertz CT molecular complexity index is 395. The van der Waals surface area contributed by atoms with Gasteiger partial charge in [-0.1, -0.05) is 15.9 Å². The first-order valence-corrected chi connectivity index (χ1v) is 5.82. The van der Waals surface area contributed by atoms with E-state index in [0.29, 0.717) is 0 Å². The van der Waals surface area contributed by atoms with Crippen LogP contribution in [0.3, 0.4) is 0 Å². The number of hydrogen-bond donors (Lipinski definition) is 2. The van der Waals surface area contributed by atoms with Crippen molar-refractivity contribution in [2.24, 2.45) is 0 Å². The van der Waals surface area contributed by atoms with Crippen molar-refractivity contribution in [3.63, 3.8) is 0 Å². The van der Waals surface area contributed by atoms with Crippen molar-refractivity contribution in [3.05, 3.63) is 35.1 Å². The Morgan fingerprint density at radius 1 is 1.50 bits per heavy atom. The van der Waals surface area contributed by atoms with Crippen LogP contribution in [-0.4, -0.2) is 27.4 Å². The highest BCUT2D eigenvalue weighted by Crippen LogP contribution is 2.23. The van der Waals surface area contributed by atoms with E-state index in [1.54, 1.807) is 0 Å². The van der Waals surface area contributed by atoms with E-state index in [4.69, 9.17) is 0 Å². The topological polar surface area (TPSA) is 57.5 Å². The van der Waals surface area contributed by atoms with Crippen molar-refractivity contribution in [2.75, 3.05) is 5.33 Å². The number of ketones is 1. The molecule has 88 valence electrons. The maximum atomic E-state index is 13.0. The van der Waals surface area contributed by atoms with E-state index in [1.165, 1.54) is 13.0 Å². The number of aliphatic hydroxyl groups is 2. The third kappa shape index (κ3) is 2.87. The number of Topliss-reactive ketones (excluding diaryl/α,β-unsaturated/α-hetero) is 1. The zero-order chi connectivity index (χ0) is 12.3. The molecule has 1 aromatic rings. The van der Waals surface area contributed by atoms with E-state index in [-0.39, 0.29) is 22.2 Å². The molecule has 0 amide bonds. The van der Waals surface area contributed by atoms with Crippen LogP contribution < -0.4 is 0 Å². The van der Waals surface area contributed by atoms with E-state index < -0.39 is 18.0 Å². The molecule has 0 aliphatic carbocycles. The Balaban J connectivity index is 3.19.